The SMILES string of the molecule is CCNC(C)(CO)CCCCN1CCS(=O)(=O)CC1C. The van der Waals surface area contributed by atoms with Gasteiger partial charge in [0.2, 0.25) is 0 Å². The summed E-state index contributed by atoms with van der Waals surface area (Å²) in [5, 5.41) is 12.7. The van der Waals surface area contributed by atoms with E-state index < -0.39 is 9.84 Å². The van der Waals surface area contributed by atoms with Crippen molar-refractivity contribution < 1.29 is 13.5 Å². The second-order valence-electron chi connectivity index (χ2n) is 6.21. The van der Waals surface area contributed by atoms with Crippen LogP contribution in [0.15, 0.2) is 0 Å². The molecule has 5 nitrogen and oxygen atoms in total. The van der Waals surface area contributed by atoms with Crippen molar-refractivity contribution in [2.24, 2.45) is 0 Å². The molecule has 6 heteroatoms. The van der Waals surface area contributed by atoms with Gasteiger partial charge in [-0.05, 0) is 39.8 Å². The summed E-state index contributed by atoms with van der Waals surface area (Å²) in [4.78, 5) is 2.27. The lowest BCUT2D eigenvalue weighted by atomic mass is 9.95. The van der Waals surface area contributed by atoms with Crippen LogP contribution in [0.1, 0.15) is 40.0 Å². The van der Waals surface area contributed by atoms with Crippen LogP contribution in [0.5, 0.6) is 0 Å². The maximum atomic E-state index is 11.5. The standard InChI is InChI=1S/C14H30N2O3S/c1-4-15-14(3,12-17)7-5-6-8-16-9-10-20(18,19)11-13(16)2/h13,15,17H,4-12H2,1-3H3. The zero-order valence-electron chi connectivity index (χ0n) is 13.1. The number of sulfone groups is 1. The minimum Gasteiger partial charge on any atom is -0.394 e. The molecule has 0 spiro atoms. The lowest BCUT2D eigenvalue weighted by Crippen LogP contribution is -2.47. The first kappa shape index (κ1) is 17.9. The number of hydrogen-bond donors (Lipinski definition) is 2. The van der Waals surface area contributed by atoms with Crippen molar-refractivity contribution in [3.05, 3.63) is 0 Å². The van der Waals surface area contributed by atoms with Gasteiger partial charge in [0.15, 0.2) is 9.84 Å². The highest BCUT2D eigenvalue weighted by Gasteiger charge is 2.27. The summed E-state index contributed by atoms with van der Waals surface area (Å²) in [6.45, 7) is 8.71. The van der Waals surface area contributed by atoms with Gasteiger partial charge >= 0.3 is 0 Å². The fourth-order valence-electron chi connectivity index (χ4n) is 2.85. The number of aliphatic hydroxyl groups is 1. The predicted molar refractivity (Wildman–Crippen MR) is 82.7 cm³/mol. The highest BCUT2D eigenvalue weighted by Crippen LogP contribution is 2.16. The molecule has 0 aliphatic carbocycles. The number of rotatable bonds is 8. The highest BCUT2D eigenvalue weighted by molar-refractivity contribution is 7.91. The van der Waals surface area contributed by atoms with E-state index in [1.165, 1.54) is 0 Å². The third-order valence-electron chi connectivity index (χ3n) is 4.18. The first-order chi connectivity index (χ1) is 9.32. The van der Waals surface area contributed by atoms with E-state index >= 15 is 0 Å². The fourth-order valence-corrected chi connectivity index (χ4v) is 4.47. The molecule has 1 fully saturated rings. The third-order valence-corrected chi connectivity index (χ3v) is 5.98. The molecule has 1 aliphatic heterocycles. The van der Waals surface area contributed by atoms with Crippen LogP contribution in [0, 0.1) is 0 Å². The molecule has 1 heterocycles. The number of hydrogen-bond acceptors (Lipinski definition) is 5. The van der Waals surface area contributed by atoms with E-state index in [4.69, 9.17) is 0 Å². The summed E-state index contributed by atoms with van der Waals surface area (Å²) in [6, 6.07) is 0.131. The van der Waals surface area contributed by atoms with Crippen molar-refractivity contribution in [3.8, 4) is 0 Å². The molecule has 120 valence electrons. The predicted octanol–water partition coefficient (Wildman–Crippen LogP) is 0.636. The van der Waals surface area contributed by atoms with Crippen LogP contribution in [0.4, 0.5) is 0 Å². The van der Waals surface area contributed by atoms with Gasteiger partial charge < -0.3 is 10.4 Å². The lowest BCUT2D eigenvalue weighted by Gasteiger charge is -2.33. The van der Waals surface area contributed by atoms with Gasteiger partial charge in [0.25, 0.3) is 0 Å². The smallest absolute Gasteiger partial charge is 0.153 e. The summed E-state index contributed by atoms with van der Waals surface area (Å²) in [6.07, 6.45) is 3.03. The fraction of sp³-hybridized carbons (Fsp3) is 1.00. The van der Waals surface area contributed by atoms with Crippen LogP contribution in [-0.4, -0.2) is 67.8 Å². The van der Waals surface area contributed by atoms with E-state index in [0.29, 0.717) is 18.1 Å². The van der Waals surface area contributed by atoms with Gasteiger partial charge in [0.1, 0.15) is 0 Å². The molecule has 2 unspecified atom stereocenters. The highest BCUT2D eigenvalue weighted by atomic mass is 32.2. The maximum absolute atomic E-state index is 11.5. The van der Waals surface area contributed by atoms with E-state index in [-0.39, 0.29) is 18.2 Å². The molecule has 0 aromatic carbocycles. The molecule has 2 atom stereocenters. The maximum Gasteiger partial charge on any atom is 0.153 e. The quantitative estimate of drug-likeness (QED) is 0.644. The molecule has 0 aromatic heterocycles. The molecule has 1 saturated heterocycles. The van der Waals surface area contributed by atoms with Crippen molar-refractivity contribution in [3.63, 3.8) is 0 Å². The Balaban J connectivity index is 2.28. The van der Waals surface area contributed by atoms with Crippen LogP contribution < -0.4 is 5.32 Å². The van der Waals surface area contributed by atoms with Crippen LogP contribution in [0.2, 0.25) is 0 Å². The summed E-state index contributed by atoms with van der Waals surface area (Å²) in [5.41, 5.74) is -0.189. The van der Waals surface area contributed by atoms with E-state index in [0.717, 1.165) is 32.4 Å². The summed E-state index contributed by atoms with van der Waals surface area (Å²) < 4.78 is 23.0. The lowest BCUT2D eigenvalue weighted by molar-refractivity contribution is 0.160. The van der Waals surface area contributed by atoms with Crippen molar-refractivity contribution in [2.45, 2.75) is 51.6 Å². The van der Waals surface area contributed by atoms with Crippen LogP contribution >= 0.6 is 0 Å². The average molecular weight is 306 g/mol. The Hall–Kier alpha value is -0.170. The van der Waals surface area contributed by atoms with Crippen LogP contribution in [0.3, 0.4) is 0 Å². The number of nitrogens with zero attached hydrogens (tertiary/aromatic N) is 1. The Bertz CT molecular complexity index is 386. The summed E-state index contributed by atoms with van der Waals surface area (Å²) >= 11 is 0. The zero-order chi connectivity index (χ0) is 15.2. The molecule has 0 amide bonds. The minimum atomic E-state index is -2.81. The van der Waals surface area contributed by atoms with Crippen LogP contribution in [0.25, 0.3) is 0 Å². The molecule has 1 rings (SSSR count). The van der Waals surface area contributed by atoms with Gasteiger partial charge in [-0.3, -0.25) is 4.90 Å². The molecule has 0 aromatic rings. The Morgan fingerprint density at radius 3 is 2.65 bits per heavy atom. The Morgan fingerprint density at radius 1 is 1.40 bits per heavy atom. The first-order valence-corrected chi connectivity index (χ1v) is 9.44. The number of likely N-dealkylation sites (N-methyl/N-ethyl adjacent to an activating group) is 1. The second kappa shape index (κ2) is 7.73. The molecule has 20 heavy (non-hydrogen) atoms. The Labute approximate surface area is 123 Å². The molecular weight excluding hydrogens is 276 g/mol. The van der Waals surface area contributed by atoms with Gasteiger partial charge in [0.05, 0.1) is 18.1 Å². The summed E-state index contributed by atoms with van der Waals surface area (Å²) in [7, 11) is -2.81. The van der Waals surface area contributed by atoms with Crippen molar-refractivity contribution >= 4 is 9.84 Å². The molecule has 0 saturated carbocycles. The van der Waals surface area contributed by atoms with E-state index in [2.05, 4.69) is 10.2 Å². The average Bonchev–Trinajstić information content (AvgIpc) is 2.36. The molecule has 1 aliphatic rings. The topological polar surface area (TPSA) is 69.6 Å². The van der Waals surface area contributed by atoms with Gasteiger partial charge in [-0.25, -0.2) is 8.42 Å². The van der Waals surface area contributed by atoms with E-state index in [9.17, 15) is 13.5 Å². The minimum absolute atomic E-state index is 0.131. The molecule has 2 N–H and O–H groups in total. The van der Waals surface area contributed by atoms with Gasteiger partial charge in [0, 0.05) is 18.1 Å². The van der Waals surface area contributed by atoms with Crippen molar-refractivity contribution in [1.29, 1.82) is 0 Å². The largest absolute Gasteiger partial charge is 0.394 e. The molecular formula is C14H30N2O3S. The third kappa shape index (κ3) is 5.68. The monoisotopic (exact) mass is 306 g/mol. The van der Waals surface area contributed by atoms with Gasteiger partial charge in [-0.15, -0.1) is 0 Å². The number of nitrogens with one attached hydrogen (secondary N) is 1. The zero-order valence-corrected chi connectivity index (χ0v) is 13.9. The first-order valence-electron chi connectivity index (χ1n) is 7.62. The van der Waals surface area contributed by atoms with Crippen molar-refractivity contribution in [1.82, 2.24) is 10.2 Å². The van der Waals surface area contributed by atoms with E-state index in [1.54, 1.807) is 0 Å². The number of unbranched alkanes of at least 4 members (excludes halogenated alkanes) is 1. The summed E-state index contributed by atoms with van der Waals surface area (Å²) in [5.74, 6) is 0.585. The van der Waals surface area contributed by atoms with Gasteiger partial charge in [-0.2, -0.15) is 0 Å². The molecule has 0 bridgehead atoms. The molecule has 0 radical (unpaired) electrons. The normalized spacial score (nSPS) is 26.3. The second-order valence-corrected chi connectivity index (χ2v) is 8.43. The Morgan fingerprint density at radius 2 is 2.10 bits per heavy atom. The van der Waals surface area contributed by atoms with Crippen LogP contribution in [-0.2, 0) is 9.84 Å². The number of aliphatic hydroxyl groups excluding tert-OH is 1. The van der Waals surface area contributed by atoms with Crippen molar-refractivity contribution in [2.75, 3.05) is 37.7 Å². The van der Waals surface area contributed by atoms with E-state index in [1.807, 2.05) is 20.8 Å². The van der Waals surface area contributed by atoms with Gasteiger partial charge in [-0.1, -0.05) is 13.3 Å². The Kier molecular flexibility index (Phi) is 6.91.